The first kappa shape index (κ1) is 14.1. The van der Waals surface area contributed by atoms with Crippen LogP contribution in [0.4, 0.5) is 0 Å². The third kappa shape index (κ3) is 2.81. The molecule has 19 heavy (non-hydrogen) atoms. The summed E-state index contributed by atoms with van der Waals surface area (Å²) < 4.78 is 0. The molecule has 1 amide bonds. The summed E-state index contributed by atoms with van der Waals surface area (Å²) in [4.78, 5) is 14.4. The maximum atomic E-state index is 12.5. The van der Waals surface area contributed by atoms with Crippen molar-refractivity contribution in [1.82, 2.24) is 10.2 Å². The Morgan fingerprint density at radius 2 is 2.11 bits per heavy atom. The Bertz CT molecular complexity index is 480. The van der Waals surface area contributed by atoms with Crippen LogP contribution >= 0.6 is 0 Å². The van der Waals surface area contributed by atoms with Crippen LogP contribution in [0, 0.1) is 0 Å². The topological polar surface area (TPSA) is 32.3 Å². The molecule has 0 radical (unpaired) electrons. The Balaban J connectivity index is 2.24. The van der Waals surface area contributed by atoms with E-state index in [2.05, 4.69) is 32.2 Å². The Kier molecular flexibility index (Phi) is 3.95. The molecular weight excluding hydrogens is 236 g/mol. The van der Waals surface area contributed by atoms with Crippen LogP contribution in [-0.4, -0.2) is 29.9 Å². The van der Waals surface area contributed by atoms with Gasteiger partial charge in [-0.1, -0.05) is 13.0 Å². The molecular formula is C16H24N2O. The largest absolute Gasteiger partial charge is 0.337 e. The van der Waals surface area contributed by atoms with Gasteiger partial charge in [0.05, 0.1) is 0 Å². The molecule has 0 bridgehead atoms. The second-order valence-electron chi connectivity index (χ2n) is 5.94. The summed E-state index contributed by atoms with van der Waals surface area (Å²) in [6.45, 7) is 8.22. The van der Waals surface area contributed by atoms with E-state index in [-0.39, 0.29) is 11.4 Å². The Morgan fingerprint density at radius 1 is 1.37 bits per heavy atom. The van der Waals surface area contributed by atoms with Crippen LogP contribution in [0.5, 0.6) is 0 Å². The van der Waals surface area contributed by atoms with E-state index in [1.165, 1.54) is 11.1 Å². The molecule has 104 valence electrons. The molecule has 0 saturated carbocycles. The average Bonchev–Trinajstić information content (AvgIpc) is 2.45. The second kappa shape index (κ2) is 5.33. The molecule has 0 aliphatic carbocycles. The van der Waals surface area contributed by atoms with Crippen molar-refractivity contribution in [2.75, 3.05) is 13.6 Å². The van der Waals surface area contributed by atoms with E-state index >= 15 is 0 Å². The van der Waals surface area contributed by atoms with Gasteiger partial charge in [0.1, 0.15) is 0 Å². The predicted molar refractivity (Wildman–Crippen MR) is 78.3 cm³/mol. The zero-order valence-electron chi connectivity index (χ0n) is 12.4. The first-order valence-corrected chi connectivity index (χ1v) is 7.06. The van der Waals surface area contributed by atoms with Crippen LogP contribution in [0.1, 0.15) is 48.7 Å². The first-order valence-electron chi connectivity index (χ1n) is 7.06. The van der Waals surface area contributed by atoms with Crippen molar-refractivity contribution in [3.63, 3.8) is 0 Å². The molecule has 1 aliphatic rings. The zero-order valence-corrected chi connectivity index (χ0v) is 12.4. The van der Waals surface area contributed by atoms with E-state index in [0.717, 1.165) is 31.5 Å². The van der Waals surface area contributed by atoms with Gasteiger partial charge in [-0.3, -0.25) is 4.79 Å². The summed E-state index contributed by atoms with van der Waals surface area (Å²) in [5.74, 6) is 0.111. The molecule has 0 aromatic heterocycles. The van der Waals surface area contributed by atoms with E-state index in [1.807, 2.05) is 24.1 Å². The molecule has 1 aromatic carbocycles. The molecule has 0 spiro atoms. The molecule has 1 aromatic rings. The number of carbonyl (C=O) groups is 1. The van der Waals surface area contributed by atoms with Crippen LogP contribution in [-0.2, 0) is 13.0 Å². The van der Waals surface area contributed by atoms with Crippen molar-refractivity contribution in [2.24, 2.45) is 0 Å². The maximum absolute atomic E-state index is 12.5. The fourth-order valence-electron chi connectivity index (χ4n) is 2.32. The van der Waals surface area contributed by atoms with Gasteiger partial charge >= 0.3 is 0 Å². The number of benzene rings is 1. The molecule has 1 N–H and O–H groups in total. The lowest BCUT2D eigenvalue weighted by Crippen LogP contribution is -2.44. The van der Waals surface area contributed by atoms with Crippen LogP contribution in [0.3, 0.4) is 0 Å². The molecule has 3 heteroatoms. The van der Waals surface area contributed by atoms with Crippen molar-refractivity contribution in [3.05, 3.63) is 34.9 Å². The number of nitrogens with zero attached hydrogens (tertiary/aromatic N) is 1. The minimum atomic E-state index is -0.106. The smallest absolute Gasteiger partial charge is 0.254 e. The van der Waals surface area contributed by atoms with Gasteiger partial charge < -0.3 is 10.2 Å². The quantitative estimate of drug-likeness (QED) is 0.906. The standard InChI is InChI=1S/C16H24N2O/c1-5-16(2,3)18(4)15(19)13-7-6-12-8-9-17-11-14(12)10-13/h6-7,10,17H,5,8-9,11H2,1-4H3. The number of amides is 1. The van der Waals surface area contributed by atoms with Gasteiger partial charge in [0.2, 0.25) is 0 Å². The number of rotatable bonds is 3. The monoisotopic (exact) mass is 260 g/mol. The third-order valence-electron chi connectivity index (χ3n) is 4.42. The van der Waals surface area contributed by atoms with E-state index in [9.17, 15) is 4.79 Å². The van der Waals surface area contributed by atoms with Crippen molar-refractivity contribution >= 4 is 5.91 Å². The Labute approximate surface area is 116 Å². The molecule has 3 nitrogen and oxygen atoms in total. The minimum absolute atomic E-state index is 0.106. The van der Waals surface area contributed by atoms with Gasteiger partial charge in [0, 0.05) is 24.7 Å². The summed E-state index contributed by atoms with van der Waals surface area (Å²) in [5.41, 5.74) is 3.32. The van der Waals surface area contributed by atoms with Crippen LogP contribution in [0.25, 0.3) is 0 Å². The average molecular weight is 260 g/mol. The number of fused-ring (bicyclic) bond motifs is 1. The fraction of sp³-hybridized carbons (Fsp3) is 0.562. The van der Waals surface area contributed by atoms with Crippen molar-refractivity contribution in [2.45, 2.75) is 45.7 Å². The number of hydrogen-bond donors (Lipinski definition) is 1. The summed E-state index contributed by atoms with van der Waals surface area (Å²) in [5, 5.41) is 3.35. The van der Waals surface area contributed by atoms with E-state index in [0.29, 0.717) is 0 Å². The van der Waals surface area contributed by atoms with Crippen molar-refractivity contribution in [1.29, 1.82) is 0 Å². The van der Waals surface area contributed by atoms with Gasteiger partial charge in [-0.15, -0.1) is 0 Å². The third-order valence-corrected chi connectivity index (χ3v) is 4.42. The van der Waals surface area contributed by atoms with E-state index < -0.39 is 0 Å². The first-order chi connectivity index (χ1) is 8.95. The molecule has 2 rings (SSSR count). The molecule has 1 aliphatic heterocycles. The number of hydrogen-bond acceptors (Lipinski definition) is 2. The van der Waals surface area contributed by atoms with Gasteiger partial charge in [-0.05, 0) is 56.5 Å². The van der Waals surface area contributed by atoms with Gasteiger partial charge in [0.25, 0.3) is 5.91 Å². The van der Waals surface area contributed by atoms with Crippen molar-refractivity contribution < 1.29 is 4.79 Å². The summed E-state index contributed by atoms with van der Waals surface area (Å²) in [6, 6.07) is 6.12. The lowest BCUT2D eigenvalue weighted by Gasteiger charge is -2.35. The molecule has 0 saturated heterocycles. The number of nitrogens with one attached hydrogen (secondary N) is 1. The second-order valence-corrected chi connectivity index (χ2v) is 5.94. The molecule has 1 heterocycles. The molecule has 0 fully saturated rings. The fourth-order valence-corrected chi connectivity index (χ4v) is 2.32. The zero-order chi connectivity index (χ0) is 14.0. The highest BCUT2D eigenvalue weighted by Gasteiger charge is 2.26. The highest BCUT2D eigenvalue weighted by molar-refractivity contribution is 5.94. The van der Waals surface area contributed by atoms with E-state index in [1.54, 1.807) is 0 Å². The highest BCUT2D eigenvalue weighted by atomic mass is 16.2. The minimum Gasteiger partial charge on any atom is -0.337 e. The summed E-state index contributed by atoms with van der Waals surface area (Å²) in [7, 11) is 1.89. The Morgan fingerprint density at radius 3 is 2.79 bits per heavy atom. The molecule has 0 atom stereocenters. The molecule has 0 unspecified atom stereocenters. The maximum Gasteiger partial charge on any atom is 0.254 e. The normalized spacial score (nSPS) is 14.9. The number of carbonyl (C=O) groups excluding carboxylic acids is 1. The SMILES string of the molecule is CCC(C)(C)N(C)C(=O)c1ccc2c(c1)CNCC2. The predicted octanol–water partition coefficient (Wildman–Crippen LogP) is 2.59. The van der Waals surface area contributed by atoms with Crippen molar-refractivity contribution in [3.8, 4) is 0 Å². The van der Waals surface area contributed by atoms with E-state index in [4.69, 9.17) is 0 Å². The Hall–Kier alpha value is -1.35. The van der Waals surface area contributed by atoms with Gasteiger partial charge in [0.15, 0.2) is 0 Å². The van der Waals surface area contributed by atoms with Crippen LogP contribution in [0.2, 0.25) is 0 Å². The lowest BCUT2D eigenvalue weighted by molar-refractivity contribution is 0.0620. The summed E-state index contributed by atoms with van der Waals surface area (Å²) in [6.07, 6.45) is 2.00. The summed E-state index contributed by atoms with van der Waals surface area (Å²) >= 11 is 0. The van der Waals surface area contributed by atoms with Gasteiger partial charge in [-0.25, -0.2) is 0 Å². The van der Waals surface area contributed by atoms with Crippen LogP contribution in [0.15, 0.2) is 18.2 Å². The lowest BCUT2D eigenvalue weighted by atomic mass is 9.96. The van der Waals surface area contributed by atoms with Crippen LogP contribution < -0.4 is 5.32 Å². The van der Waals surface area contributed by atoms with Gasteiger partial charge in [-0.2, -0.15) is 0 Å². The highest BCUT2D eigenvalue weighted by Crippen LogP contribution is 2.21.